The van der Waals surface area contributed by atoms with Gasteiger partial charge in [-0.2, -0.15) is 0 Å². The lowest BCUT2D eigenvalue weighted by molar-refractivity contribution is 0.699. The van der Waals surface area contributed by atoms with Crippen molar-refractivity contribution in [2.24, 2.45) is 0 Å². The normalized spacial score (nSPS) is 18.3. The highest BCUT2D eigenvalue weighted by Crippen LogP contribution is 2.40. The first kappa shape index (κ1) is 9.10. The fourth-order valence-electron chi connectivity index (χ4n) is 2.12. The van der Waals surface area contributed by atoms with E-state index in [-0.39, 0.29) is 0 Å². The van der Waals surface area contributed by atoms with Crippen LogP contribution in [0.4, 0.5) is 0 Å². The molecule has 2 aromatic rings. The fraction of sp³-hybridized carbons (Fsp3) is 0.308. The van der Waals surface area contributed by atoms with Gasteiger partial charge in [0.15, 0.2) is 0 Å². The van der Waals surface area contributed by atoms with Crippen LogP contribution in [-0.2, 0) is 12.8 Å². The highest BCUT2D eigenvalue weighted by molar-refractivity contribution is 7.09. The van der Waals surface area contributed by atoms with Crippen molar-refractivity contribution in [3.05, 3.63) is 51.5 Å². The Kier molecular flexibility index (Phi) is 2.10. The summed E-state index contributed by atoms with van der Waals surface area (Å²) in [7, 11) is 0. The highest BCUT2D eigenvalue weighted by Gasteiger charge is 2.28. The van der Waals surface area contributed by atoms with Gasteiger partial charge in [0.05, 0.1) is 5.69 Å². The molecule has 0 aliphatic heterocycles. The number of aromatic nitrogens is 1. The van der Waals surface area contributed by atoms with Crippen LogP contribution in [0.25, 0.3) is 0 Å². The van der Waals surface area contributed by atoms with Crippen LogP contribution in [0, 0.1) is 0 Å². The minimum absolute atomic E-state index is 0.575. The van der Waals surface area contributed by atoms with Gasteiger partial charge >= 0.3 is 0 Å². The Bertz CT molecular complexity index is 487. The van der Waals surface area contributed by atoms with Crippen molar-refractivity contribution in [3.8, 4) is 0 Å². The fourth-order valence-corrected chi connectivity index (χ4v) is 3.14. The predicted molar refractivity (Wildman–Crippen MR) is 63.5 cm³/mol. The number of hydrogen-bond acceptors (Lipinski definition) is 2. The first-order valence-corrected chi connectivity index (χ1v) is 6.28. The molecule has 1 atom stereocenters. The van der Waals surface area contributed by atoms with E-state index in [9.17, 15) is 0 Å². The van der Waals surface area contributed by atoms with Gasteiger partial charge in [0, 0.05) is 11.3 Å². The molecule has 0 fully saturated rings. The van der Waals surface area contributed by atoms with E-state index in [1.807, 2.05) is 11.3 Å². The molecule has 1 aromatic heterocycles. The summed E-state index contributed by atoms with van der Waals surface area (Å²) >= 11 is 1.81. The summed E-state index contributed by atoms with van der Waals surface area (Å²) in [6.45, 7) is 2.16. The van der Waals surface area contributed by atoms with E-state index in [4.69, 9.17) is 0 Å². The van der Waals surface area contributed by atoms with Crippen molar-refractivity contribution < 1.29 is 0 Å². The van der Waals surface area contributed by atoms with Crippen molar-refractivity contribution in [3.63, 3.8) is 0 Å². The van der Waals surface area contributed by atoms with Crippen molar-refractivity contribution in [2.45, 2.75) is 25.7 Å². The third-order valence-corrected chi connectivity index (χ3v) is 4.09. The molecule has 3 rings (SSSR count). The van der Waals surface area contributed by atoms with Crippen molar-refractivity contribution >= 4 is 11.3 Å². The third-order valence-electron chi connectivity index (χ3n) is 3.08. The van der Waals surface area contributed by atoms with Gasteiger partial charge in [-0.3, -0.25) is 0 Å². The number of thiazole rings is 1. The molecule has 0 amide bonds. The minimum atomic E-state index is 0.575. The molecule has 1 heterocycles. The van der Waals surface area contributed by atoms with Gasteiger partial charge in [-0.25, -0.2) is 4.98 Å². The van der Waals surface area contributed by atoms with E-state index in [0.717, 1.165) is 6.42 Å². The molecule has 76 valence electrons. The summed E-state index contributed by atoms with van der Waals surface area (Å²) in [5.41, 5.74) is 4.21. The van der Waals surface area contributed by atoms with Crippen LogP contribution in [0.3, 0.4) is 0 Å². The van der Waals surface area contributed by atoms with Gasteiger partial charge in [0.1, 0.15) is 5.01 Å². The van der Waals surface area contributed by atoms with Gasteiger partial charge in [-0.15, -0.1) is 11.3 Å². The largest absolute Gasteiger partial charge is 0.246 e. The number of rotatable bonds is 2. The number of fused-ring (bicyclic) bond motifs is 1. The molecule has 0 N–H and O–H groups in total. The molecule has 1 aromatic carbocycles. The Labute approximate surface area is 93.8 Å². The second kappa shape index (κ2) is 3.46. The molecule has 1 aliphatic rings. The number of aryl methyl sites for hydroxylation is 1. The Morgan fingerprint density at radius 1 is 1.40 bits per heavy atom. The van der Waals surface area contributed by atoms with Crippen LogP contribution in [-0.4, -0.2) is 4.98 Å². The molecule has 0 bridgehead atoms. The SMILES string of the molecule is CCc1csc(C2Cc3ccccc32)n1. The zero-order valence-corrected chi connectivity index (χ0v) is 9.55. The molecule has 2 heteroatoms. The molecule has 0 saturated heterocycles. The smallest absolute Gasteiger partial charge is 0.101 e. The van der Waals surface area contributed by atoms with E-state index in [0.29, 0.717) is 5.92 Å². The van der Waals surface area contributed by atoms with Crippen LogP contribution in [0.15, 0.2) is 29.6 Å². The van der Waals surface area contributed by atoms with Crippen molar-refractivity contribution in [1.29, 1.82) is 0 Å². The molecule has 0 saturated carbocycles. The van der Waals surface area contributed by atoms with E-state index in [2.05, 4.69) is 41.6 Å². The second-order valence-corrected chi connectivity index (χ2v) is 4.88. The number of nitrogens with zero attached hydrogens (tertiary/aromatic N) is 1. The summed E-state index contributed by atoms with van der Waals surface area (Å²) in [4.78, 5) is 4.67. The summed E-state index contributed by atoms with van der Waals surface area (Å²) in [5, 5.41) is 3.49. The standard InChI is InChI=1S/C13H13NS/c1-2-10-8-15-13(14-10)12-7-9-5-3-4-6-11(9)12/h3-6,8,12H,2,7H2,1H3. The molecule has 0 spiro atoms. The third kappa shape index (κ3) is 1.40. The first-order chi connectivity index (χ1) is 7.38. The Balaban J connectivity index is 1.93. The van der Waals surface area contributed by atoms with Crippen LogP contribution in [0.1, 0.15) is 34.7 Å². The van der Waals surface area contributed by atoms with Crippen molar-refractivity contribution in [2.75, 3.05) is 0 Å². The maximum Gasteiger partial charge on any atom is 0.101 e. The zero-order valence-electron chi connectivity index (χ0n) is 8.73. The number of benzene rings is 1. The molecule has 1 nitrogen and oxygen atoms in total. The van der Waals surface area contributed by atoms with E-state index in [1.165, 1.54) is 28.2 Å². The van der Waals surface area contributed by atoms with Crippen LogP contribution < -0.4 is 0 Å². The lowest BCUT2D eigenvalue weighted by Gasteiger charge is -2.28. The van der Waals surface area contributed by atoms with E-state index < -0.39 is 0 Å². The summed E-state index contributed by atoms with van der Waals surface area (Å²) in [5.74, 6) is 0.575. The van der Waals surface area contributed by atoms with Gasteiger partial charge < -0.3 is 0 Å². The lowest BCUT2D eigenvalue weighted by Crippen LogP contribution is -2.17. The van der Waals surface area contributed by atoms with Gasteiger partial charge in [0.25, 0.3) is 0 Å². The van der Waals surface area contributed by atoms with Gasteiger partial charge in [-0.05, 0) is 24.0 Å². The van der Waals surface area contributed by atoms with E-state index >= 15 is 0 Å². The minimum Gasteiger partial charge on any atom is -0.246 e. The van der Waals surface area contributed by atoms with Crippen LogP contribution in [0.2, 0.25) is 0 Å². The molecule has 1 unspecified atom stereocenters. The van der Waals surface area contributed by atoms with Crippen molar-refractivity contribution in [1.82, 2.24) is 4.98 Å². The molecule has 0 radical (unpaired) electrons. The lowest BCUT2D eigenvalue weighted by atomic mass is 9.78. The van der Waals surface area contributed by atoms with E-state index in [1.54, 1.807) is 0 Å². The maximum atomic E-state index is 4.67. The molecule has 1 aliphatic carbocycles. The Morgan fingerprint density at radius 2 is 2.27 bits per heavy atom. The first-order valence-electron chi connectivity index (χ1n) is 5.40. The summed E-state index contributed by atoms with van der Waals surface area (Å²) in [6, 6.07) is 8.70. The topological polar surface area (TPSA) is 12.9 Å². The maximum absolute atomic E-state index is 4.67. The second-order valence-electron chi connectivity index (χ2n) is 3.99. The summed E-state index contributed by atoms with van der Waals surface area (Å²) < 4.78 is 0. The number of hydrogen-bond donors (Lipinski definition) is 0. The quantitative estimate of drug-likeness (QED) is 0.748. The predicted octanol–water partition coefficient (Wildman–Crippen LogP) is 3.39. The van der Waals surface area contributed by atoms with Gasteiger partial charge in [0.2, 0.25) is 0 Å². The van der Waals surface area contributed by atoms with Crippen LogP contribution in [0.5, 0.6) is 0 Å². The summed E-state index contributed by atoms with van der Waals surface area (Å²) in [6.07, 6.45) is 2.22. The van der Waals surface area contributed by atoms with Crippen LogP contribution >= 0.6 is 11.3 Å². The molecule has 15 heavy (non-hydrogen) atoms. The Morgan fingerprint density at radius 3 is 3.00 bits per heavy atom. The highest BCUT2D eigenvalue weighted by atomic mass is 32.1. The Hall–Kier alpha value is -1.15. The zero-order chi connectivity index (χ0) is 10.3. The molecular weight excluding hydrogens is 202 g/mol. The molecular formula is C13H13NS. The monoisotopic (exact) mass is 215 g/mol. The van der Waals surface area contributed by atoms with Gasteiger partial charge in [-0.1, -0.05) is 31.2 Å². The average Bonchev–Trinajstić information content (AvgIpc) is 2.68. The average molecular weight is 215 g/mol.